The molecule has 1 N–H and O–H groups in total. The van der Waals surface area contributed by atoms with Gasteiger partial charge in [0.15, 0.2) is 17.5 Å². The van der Waals surface area contributed by atoms with Crippen molar-refractivity contribution in [3.63, 3.8) is 0 Å². The maximum absolute atomic E-state index is 6.47. The highest BCUT2D eigenvalue weighted by Gasteiger charge is 2.27. The standard InChI is InChI=1S/C46H28N4OS2/c1-3-13-27(14-4-1)29-25-35-32-19-12-21-34(41(32)53-42(35)36(26-29)46-47-37-22-8-10-24-39(37)52-46)45-49-43(28-15-5-2-6-16-28)48-44(50-45)33-20-11-18-31-30-17-7-9-23-38(30)51-40(31)33/h1-26,46-47H. The molecule has 11 rings (SSSR count). The van der Waals surface area contributed by atoms with E-state index in [4.69, 9.17) is 19.4 Å². The summed E-state index contributed by atoms with van der Waals surface area (Å²) in [5.74, 6) is 1.82. The summed E-state index contributed by atoms with van der Waals surface area (Å²) in [6.45, 7) is 0. The molecule has 1 atom stereocenters. The highest BCUT2D eigenvalue weighted by atomic mass is 32.2. The molecule has 10 aromatic rings. The van der Waals surface area contributed by atoms with Gasteiger partial charge in [-0.05, 0) is 53.6 Å². The summed E-state index contributed by atoms with van der Waals surface area (Å²) in [5, 5.41) is 8.41. The van der Waals surface area contributed by atoms with Gasteiger partial charge in [-0.25, -0.2) is 15.0 Å². The summed E-state index contributed by atoms with van der Waals surface area (Å²) in [6.07, 6.45) is 0. The molecule has 250 valence electrons. The monoisotopic (exact) mass is 716 g/mol. The number of hydrogen-bond donors (Lipinski definition) is 1. The summed E-state index contributed by atoms with van der Waals surface area (Å²) in [6, 6.07) is 54.9. The zero-order valence-corrected chi connectivity index (χ0v) is 29.8. The predicted molar refractivity (Wildman–Crippen MR) is 220 cm³/mol. The first-order chi connectivity index (χ1) is 26.2. The summed E-state index contributed by atoms with van der Waals surface area (Å²) in [5.41, 5.74) is 9.19. The second kappa shape index (κ2) is 12.2. The van der Waals surface area contributed by atoms with E-state index >= 15 is 0 Å². The fourth-order valence-corrected chi connectivity index (χ4v) is 10.1. The van der Waals surface area contributed by atoms with Crippen LogP contribution in [0.5, 0.6) is 0 Å². The van der Waals surface area contributed by atoms with Crippen molar-refractivity contribution >= 4 is 70.9 Å². The van der Waals surface area contributed by atoms with Crippen LogP contribution in [-0.4, -0.2) is 15.0 Å². The molecule has 4 heterocycles. The van der Waals surface area contributed by atoms with E-state index < -0.39 is 0 Å². The normalized spacial score (nSPS) is 13.9. The number of nitrogens with one attached hydrogen (secondary N) is 1. The lowest BCUT2D eigenvalue weighted by Gasteiger charge is -2.14. The van der Waals surface area contributed by atoms with Gasteiger partial charge >= 0.3 is 0 Å². The number of hydrogen-bond acceptors (Lipinski definition) is 7. The van der Waals surface area contributed by atoms with Crippen LogP contribution in [0.4, 0.5) is 5.69 Å². The van der Waals surface area contributed by atoms with Crippen LogP contribution >= 0.6 is 23.1 Å². The van der Waals surface area contributed by atoms with Crippen LogP contribution < -0.4 is 5.32 Å². The molecule has 53 heavy (non-hydrogen) atoms. The highest BCUT2D eigenvalue weighted by Crippen LogP contribution is 2.51. The maximum Gasteiger partial charge on any atom is 0.167 e. The number of thiophene rings is 1. The molecule has 0 bridgehead atoms. The number of aromatic nitrogens is 3. The van der Waals surface area contributed by atoms with Crippen molar-refractivity contribution in [1.82, 2.24) is 15.0 Å². The Morgan fingerprint density at radius 2 is 1.15 bits per heavy atom. The largest absolute Gasteiger partial charge is 0.455 e. The van der Waals surface area contributed by atoms with E-state index in [0.717, 1.165) is 43.3 Å². The van der Waals surface area contributed by atoms with E-state index in [9.17, 15) is 0 Å². The molecule has 1 aliphatic rings. The Morgan fingerprint density at radius 3 is 1.98 bits per heavy atom. The van der Waals surface area contributed by atoms with Crippen molar-refractivity contribution in [2.75, 3.05) is 5.32 Å². The smallest absolute Gasteiger partial charge is 0.167 e. The summed E-state index contributed by atoms with van der Waals surface area (Å²) >= 11 is 3.69. The third kappa shape index (κ3) is 5.04. The van der Waals surface area contributed by atoms with Gasteiger partial charge in [0.25, 0.3) is 0 Å². The molecule has 0 saturated carbocycles. The molecule has 0 spiro atoms. The maximum atomic E-state index is 6.47. The SMILES string of the molecule is c1ccc(-c2cc(C3Nc4ccccc4S3)c3sc4c(-c5nc(-c6ccccc6)nc(-c6cccc7c6oc6ccccc67)n5)cccc4c3c2)cc1. The first kappa shape index (κ1) is 30.4. The molecule has 7 aromatic carbocycles. The number of furan rings is 1. The molecule has 5 nitrogen and oxygen atoms in total. The van der Waals surface area contributed by atoms with Crippen LogP contribution in [0.1, 0.15) is 10.9 Å². The Labute approximate surface area is 313 Å². The van der Waals surface area contributed by atoms with Crippen LogP contribution in [0.2, 0.25) is 0 Å². The van der Waals surface area contributed by atoms with Gasteiger partial charge in [0.1, 0.15) is 16.5 Å². The molecule has 1 aliphatic heterocycles. The van der Waals surface area contributed by atoms with Crippen molar-refractivity contribution in [3.05, 3.63) is 163 Å². The molecule has 0 radical (unpaired) electrons. The lowest BCUT2D eigenvalue weighted by molar-refractivity contribution is 0.669. The number of rotatable bonds is 5. The summed E-state index contributed by atoms with van der Waals surface area (Å²) < 4.78 is 8.87. The Morgan fingerprint density at radius 1 is 0.491 bits per heavy atom. The zero-order chi connectivity index (χ0) is 34.9. The predicted octanol–water partition coefficient (Wildman–Crippen LogP) is 13.0. The van der Waals surface area contributed by atoms with Crippen LogP contribution in [0.25, 0.3) is 87.4 Å². The Hall–Kier alpha value is -6.28. The number of nitrogens with zero attached hydrogens (tertiary/aromatic N) is 3. The van der Waals surface area contributed by atoms with Crippen molar-refractivity contribution < 1.29 is 4.42 Å². The Balaban J connectivity index is 1.15. The second-order valence-corrected chi connectivity index (χ2v) is 15.4. The topological polar surface area (TPSA) is 63.8 Å². The van der Waals surface area contributed by atoms with E-state index in [0.29, 0.717) is 17.5 Å². The van der Waals surface area contributed by atoms with Crippen molar-refractivity contribution in [2.24, 2.45) is 0 Å². The van der Waals surface area contributed by atoms with Crippen LogP contribution in [0, 0.1) is 0 Å². The molecule has 0 saturated heterocycles. The first-order valence-corrected chi connectivity index (χ1v) is 19.2. The number of benzene rings is 7. The molecule has 0 aliphatic carbocycles. The number of anilines is 1. The van der Waals surface area contributed by atoms with Gasteiger partial charge in [-0.3, -0.25) is 0 Å². The minimum Gasteiger partial charge on any atom is -0.455 e. The third-order valence-electron chi connectivity index (χ3n) is 9.99. The molecular formula is C46H28N4OS2. The van der Waals surface area contributed by atoms with E-state index in [1.807, 2.05) is 77.7 Å². The molecule has 0 amide bonds. The zero-order valence-electron chi connectivity index (χ0n) is 28.2. The fraction of sp³-hybridized carbons (Fsp3) is 0.0217. The highest BCUT2D eigenvalue weighted by molar-refractivity contribution is 8.00. The van der Waals surface area contributed by atoms with Gasteiger partial charge in [-0.2, -0.15) is 0 Å². The molecule has 1 unspecified atom stereocenters. The lowest BCUT2D eigenvalue weighted by Crippen LogP contribution is -2.01. The average molecular weight is 717 g/mol. The number of thioether (sulfide) groups is 1. The first-order valence-electron chi connectivity index (χ1n) is 17.5. The minimum absolute atomic E-state index is 0.0767. The second-order valence-electron chi connectivity index (χ2n) is 13.2. The van der Waals surface area contributed by atoms with Gasteiger partial charge in [0, 0.05) is 58.2 Å². The van der Waals surface area contributed by atoms with Crippen LogP contribution in [-0.2, 0) is 0 Å². The van der Waals surface area contributed by atoms with Crippen molar-refractivity contribution in [2.45, 2.75) is 10.3 Å². The third-order valence-corrected chi connectivity index (χ3v) is 12.5. The lowest BCUT2D eigenvalue weighted by atomic mass is 9.98. The van der Waals surface area contributed by atoms with Crippen molar-refractivity contribution in [3.8, 4) is 45.3 Å². The quantitative estimate of drug-likeness (QED) is 0.191. The molecule has 7 heteroatoms. The number of para-hydroxylation sites is 3. The van der Waals surface area contributed by atoms with Gasteiger partial charge in [-0.1, -0.05) is 127 Å². The van der Waals surface area contributed by atoms with Gasteiger partial charge in [0.05, 0.1) is 5.56 Å². The van der Waals surface area contributed by atoms with Crippen molar-refractivity contribution in [1.29, 1.82) is 0 Å². The molecule has 0 fully saturated rings. The summed E-state index contributed by atoms with van der Waals surface area (Å²) in [4.78, 5) is 16.8. The fourth-order valence-electron chi connectivity index (χ4n) is 7.48. The van der Waals surface area contributed by atoms with Gasteiger partial charge < -0.3 is 9.73 Å². The Kier molecular flexibility index (Phi) is 6.96. The average Bonchev–Trinajstić information content (AvgIpc) is 3.94. The summed E-state index contributed by atoms with van der Waals surface area (Å²) in [7, 11) is 0. The number of fused-ring (bicyclic) bond motifs is 7. The molecular weight excluding hydrogens is 689 g/mol. The van der Waals surface area contributed by atoms with E-state index in [1.54, 1.807) is 0 Å². The molecule has 3 aromatic heterocycles. The van der Waals surface area contributed by atoms with E-state index in [-0.39, 0.29) is 5.37 Å². The van der Waals surface area contributed by atoms with E-state index in [2.05, 4.69) is 108 Å². The van der Waals surface area contributed by atoms with Gasteiger partial charge in [-0.15, -0.1) is 11.3 Å². The van der Waals surface area contributed by atoms with Gasteiger partial charge in [0.2, 0.25) is 0 Å². The van der Waals surface area contributed by atoms with E-state index in [1.165, 1.54) is 42.7 Å². The Bertz CT molecular complexity index is 3000. The van der Waals surface area contributed by atoms with Crippen LogP contribution in [0.3, 0.4) is 0 Å². The minimum atomic E-state index is 0.0767. The van der Waals surface area contributed by atoms with Crippen LogP contribution in [0.15, 0.2) is 167 Å².